The molecule has 2 heterocycles. The molecule has 0 amide bonds. The molecule has 0 N–H and O–H groups in total. The van der Waals surface area contributed by atoms with Crippen LogP contribution in [0.1, 0.15) is 0 Å². The van der Waals surface area contributed by atoms with E-state index in [9.17, 15) is 0 Å². The van der Waals surface area contributed by atoms with Gasteiger partial charge in [-0.25, -0.2) is 0 Å². The van der Waals surface area contributed by atoms with Crippen molar-refractivity contribution in [3.63, 3.8) is 0 Å². The first kappa shape index (κ1) is 59.2. The number of para-hydroxylation sites is 3. The number of furan rings is 2. The highest BCUT2D eigenvalue weighted by atomic mass is 16.3. The zero-order valence-electron chi connectivity index (χ0n) is 56.6. The van der Waals surface area contributed by atoms with Gasteiger partial charge in [-0.15, -0.1) is 0 Å². The second-order valence-electron chi connectivity index (χ2n) is 27.7. The largest absolute Gasteiger partial charge is 0.456 e. The van der Waals surface area contributed by atoms with Crippen LogP contribution >= 0.6 is 0 Å². The summed E-state index contributed by atoms with van der Waals surface area (Å²) in [6, 6.07) is 139. The van der Waals surface area contributed by atoms with Gasteiger partial charge in [0.15, 0.2) is 0 Å². The Morgan fingerprint density at radius 3 is 1.01 bits per heavy atom. The molecule has 19 aromatic carbocycles. The highest BCUT2D eigenvalue weighted by molar-refractivity contribution is 6.27. The maximum Gasteiger partial charge on any atom is 0.143 e. The Balaban J connectivity index is 0.713. The third-order valence-electron chi connectivity index (χ3n) is 21.9. The van der Waals surface area contributed by atoms with E-state index in [1.807, 2.05) is 12.1 Å². The van der Waals surface area contributed by atoms with E-state index in [0.29, 0.717) is 0 Å². The van der Waals surface area contributed by atoms with Gasteiger partial charge in [0, 0.05) is 27.1 Å². The molecule has 104 heavy (non-hydrogen) atoms. The molecule has 0 unspecified atom stereocenters. The smallest absolute Gasteiger partial charge is 0.143 e. The number of benzene rings is 19. The second-order valence-corrected chi connectivity index (χ2v) is 27.7. The van der Waals surface area contributed by atoms with Crippen molar-refractivity contribution in [1.29, 1.82) is 0 Å². The van der Waals surface area contributed by atoms with Gasteiger partial charge in [0.2, 0.25) is 0 Å². The van der Waals surface area contributed by atoms with Crippen LogP contribution in [0.25, 0.3) is 220 Å². The molecule has 0 aliphatic carbocycles. The Hall–Kier alpha value is -13.7. The zero-order valence-corrected chi connectivity index (χ0v) is 56.6. The number of fused-ring (bicyclic) bond motifs is 12. The van der Waals surface area contributed by atoms with Gasteiger partial charge in [0.25, 0.3) is 0 Å². The maximum atomic E-state index is 6.60. The summed E-state index contributed by atoms with van der Waals surface area (Å²) in [5.41, 5.74) is 26.9. The van der Waals surface area contributed by atoms with Gasteiger partial charge in [0.1, 0.15) is 22.3 Å². The molecule has 0 saturated carbocycles. The fourth-order valence-corrected chi connectivity index (χ4v) is 16.9. The van der Waals surface area contributed by atoms with Gasteiger partial charge in [-0.2, -0.15) is 0 Å². The molecule has 21 rings (SSSR count). The summed E-state index contributed by atoms with van der Waals surface area (Å²) in [4.78, 5) is 0. The van der Waals surface area contributed by atoms with Crippen molar-refractivity contribution in [3.05, 3.63) is 376 Å². The van der Waals surface area contributed by atoms with E-state index in [1.165, 1.54) is 120 Å². The third-order valence-corrected chi connectivity index (χ3v) is 21.9. The zero-order chi connectivity index (χ0) is 68.3. The first-order valence-electron chi connectivity index (χ1n) is 35.8. The van der Waals surface area contributed by atoms with Gasteiger partial charge in [0.05, 0.1) is 0 Å². The van der Waals surface area contributed by atoms with E-state index in [0.717, 1.165) is 99.5 Å². The molecule has 21 aromatic rings. The normalized spacial score (nSPS) is 11.8. The SMILES string of the molecule is c1ccc(-c2ccc3c(-c4cccc5ccccc45)c4cc(-c5cccc(-c6ccc(-c7ccc8c(-c9cccc%10ccccc9%10)c9cc(-c%10ccccc%10)ccc9c(-c9ccc(-c%10cccc%11c%10oc%10ccccc%10%11)cc9)c8c7)cc6)c5)ccc4c(-c4ccc5oc6ccccc6c5c4)c3c2)cc1. The number of hydrogen-bond acceptors (Lipinski definition) is 2. The summed E-state index contributed by atoms with van der Waals surface area (Å²) in [5.74, 6) is 0. The van der Waals surface area contributed by atoms with Crippen molar-refractivity contribution in [2.24, 2.45) is 0 Å². The monoisotopic (exact) mass is 1320 g/mol. The van der Waals surface area contributed by atoms with E-state index in [-0.39, 0.29) is 0 Å². The summed E-state index contributed by atoms with van der Waals surface area (Å²) in [6.45, 7) is 0. The molecule has 0 saturated heterocycles. The van der Waals surface area contributed by atoms with E-state index >= 15 is 0 Å². The molecule has 0 bridgehead atoms. The average molecular weight is 1320 g/mol. The lowest BCUT2D eigenvalue weighted by Crippen LogP contribution is -1.94. The summed E-state index contributed by atoms with van der Waals surface area (Å²) >= 11 is 0. The van der Waals surface area contributed by atoms with Crippen molar-refractivity contribution in [3.8, 4) is 111 Å². The molecule has 0 atom stereocenters. The van der Waals surface area contributed by atoms with Crippen LogP contribution < -0.4 is 0 Å². The van der Waals surface area contributed by atoms with Gasteiger partial charge < -0.3 is 8.83 Å². The standard InChI is InChI=1S/C102H62O2/c1-3-19-63(20-4-1)73-48-54-88-92(58-73)99(77-51-56-97-90(62-77)82-32-12-13-37-95(82)103-97)86-53-50-76(61-94(86)101(88)84-35-17-26-68-24-8-10-30-79(68)84)72-28-15-27-71(57-72)65-39-41-66(42-40-65)75-49-55-87-91(59-75)98(70-45-43-69(44-46-70)80-33-18-36-89-81-31-11-14-38-96(81)104-102(80)89)85-52-47-74(64-21-5-2-6-22-64)60-93(85)100(87)83-34-16-25-67-23-7-9-29-78(67)83/h1-62H. The highest BCUT2D eigenvalue weighted by Gasteiger charge is 2.24. The summed E-state index contributed by atoms with van der Waals surface area (Å²) in [5, 5.41) is 18.9. The van der Waals surface area contributed by atoms with Crippen molar-refractivity contribution < 1.29 is 8.83 Å². The van der Waals surface area contributed by atoms with Crippen molar-refractivity contribution in [2.75, 3.05) is 0 Å². The Morgan fingerprint density at radius 2 is 0.452 bits per heavy atom. The fraction of sp³-hybridized carbons (Fsp3) is 0. The minimum absolute atomic E-state index is 0.882. The molecule has 0 aliphatic rings. The van der Waals surface area contributed by atoms with Gasteiger partial charge >= 0.3 is 0 Å². The van der Waals surface area contributed by atoms with E-state index in [4.69, 9.17) is 8.83 Å². The van der Waals surface area contributed by atoms with Crippen LogP contribution in [0, 0.1) is 0 Å². The van der Waals surface area contributed by atoms with E-state index < -0.39 is 0 Å². The van der Waals surface area contributed by atoms with Crippen LogP contribution in [0.4, 0.5) is 0 Å². The molecule has 482 valence electrons. The first-order valence-corrected chi connectivity index (χ1v) is 35.8. The molecule has 0 aliphatic heterocycles. The summed E-state index contributed by atoms with van der Waals surface area (Å²) < 4.78 is 13.1. The minimum atomic E-state index is 0.882. The number of rotatable bonds is 10. The van der Waals surface area contributed by atoms with E-state index in [1.54, 1.807) is 0 Å². The second kappa shape index (κ2) is 24.0. The van der Waals surface area contributed by atoms with Crippen molar-refractivity contribution in [2.45, 2.75) is 0 Å². The molecule has 0 radical (unpaired) electrons. The Bertz CT molecular complexity index is 7040. The van der Waals surface area contributed by atoms with Gasteiger partial charge in [-0.1, -0.05) is 322 Å². The lowest BCUT2D eigenvalue weighted by atomic mass is 9.82. The predicted octanol–water partition coefficient (Wildman–Crippen LogP) is 29.1. The van der Waals surface area contributed by atoms with Crippen LogP contribution in [0.3, 0.4) is 0 Å². The summed E-state index contributed by atoms with van der Waals surface area (Å²) in [6.07, 6.45) is 0. The molecular weight excluding hydrogens is 1260 g/mol. The lowest BCUT2D eigenvalue weighted by molar-refractivity contribution is 0.669. The molecule has 0 fully saturated rings. The van der Waals surface area contributed by atoms with Crippen LogP contribution in [0.2, 0.25) is 0 Å². The van der Waals surface area contributed by atoms with E-state index in [2.05, 4.69) is 364 Å². The summed E-state index contributed by atoms with van der Waals surface area (Å²) in [7, 11) is 0. The molecule has 2 nitrogen and oxygen atoms in total. The Kier molecular flexibility index (Phi) is 13.7. The maximum absolute atomic E-state index is 6.60. The first-order chi connectivity index (χ1) is 51.5. The number of hydrogen-bond donors (Lipinski definition) is 0. The van der Waals surface area contributed by atoms with Crippen LogP contribution in [-0.2, 0) is 0 Å². The minimum Gasteiger partial charge on any atom is -0.456 e. The van der Waals surface area contributed by atoms with Gasteiger partial charge in [-0.05, 0) is 225 Å². The Labute approximate surface area is 600 Å². The molecular formula is C102H62O2. The van der Waals surface area contributed by atoms with Crippen LogP contribution in [0.5, 0.6) is 0 Å². The molecule has 2 aromatic heterocycles. The highest BCUT2D eigenvalue weighted by Crippen LogP contribution is 2.51. The topological polar surface area (TPSA) is 26.3 Å². The van der Waals surface area contributed by atoms with Crippen molar-refractivity contribution >= 4 is 109 Å². The quantitative estimate of drug-likeness (QED) is 0.128. The van der Waals surface area contributed by atoms with Crippen LogP contribution in [-0.4, -0.2) is 0 Å². The predicted molar refractivity (Wildman–Crippen MR) is 440 cm³/mol. The average Bonchev–Trinajstić information content (AvgIpc) is 0.846. The van der Waals surface area contributed by atoms with Gasteiger partial charge in [-0.3, -0.25) is 0 Å². The van der Waals surface area contributed by atoms with Crippen LogP contribution in [0.15, 0.2) is 385 Å². The Morgan fingerprint density at radius 1 is 0.135 bits per heavy atom. The molecule has 2 heteroatoms. The van der Waals surface area contributed by atoms with Crippen molar-refractivity contribution in [1.82, 2.24) is 0 Å². The lowest BCUT2D eigenvalue weighted by Gasteiger charge is -2.21. The third kappa shape index (κ3) is 9.72. The fourth-order valence-electron chi connectivity index (χ4n) is 16.9. The molecule has 0 spiro atoms.